The van der Waals surface area contributed by atoms with Gasteiger partial charge < -0.3 is 10.5 Å². The van der Waals surface area contributed by atoms with E-state index in [9.17, 15) is 18.5 Å². The molecule has 2 N–H and O–H groups in total. The van der Waals surface area contributed by atoms with Crippen LogP contribution in [0.2, 0.25) is 0 Å². The smallest absolute Gasteiger partial charge is 0.291 e. The Labute approximate surface area is 117 Å². The molecule has 0 fully saturated rings. The molecular weight excluding hydrogens is 286 g/mol. The minimum Gasteiger partial charge on any atom is -0.399 e. The zero-order valence-corrected chi connectivity index (χ0v) is 12.1. The zero-order valence-electron chi connectivity index (χ0n) is 11.3. The standard InChI is InChI=1S/C11H17N3O5S/c1-3-19-7-6-13(2)20(17,18)11-5-4-9(12)8-10(11)14(15)16/h4-5,8H,3,6-7,12H2,1-2H3. The summed E-state index contributed by atoms with van der Waals surface area (Å²) in [5.41, 5.74) is 5.05. The number of nitro groups is 1. The number of nitrogens with zero attached hydrogens (tertiary/aromatic N) is 2. The van der Waals surface area contributed by atoms with Crippen LogP contribution >= 0.6 is 0 Å². The molecule has 0 saturated carbocycles. The summed E-state index contributed by atoms with van der Waals surface area (Å²) in [6.07, 6.45) is 0. The third kappa shape index (κ3) is 3.65. The number of rotatable bonds is 7. The first kappa shape index (κ1) is 16.3. The molecule has 0 saturated heterocycles. The van der Waals surface area contributed by atoms with Gasteiger partial charge in [0.1, 0.15) is 0 Å². The molecule has 0 radical (unpaired) electrons. The van der Waals surface area contributed by atoms with Crippen molar-refractivity contribution in [3.63, 3.8) is 0 Å². The molecule has 0 unspecified atom stereocenters. The van der Waals surface area contributed by atoms with Gasteiger partial charge in [0.15, 0.2) is 4.90 Å². The largest absolute Gasteiger partial charge is 0.399 e. The SMILES string of the molecule is CCOCCN(C)S(=O)(=O)c1ccc(N)cc1[N+](=O)[O-]. The maximum absolute atomic E-state index is 12.3. The normalized spacial score (nSPS) is 11.8. The second kappa shape index (κ2) is 6.64. The van der Waals surface area contributed by atoms with Crippen LogP contribution in [0.1, 0.15) is 6.92 Å². The molecule has 0 heterocycles. The van der Waals surface area contributed by atoms with Crippen LogP contribution < -0.4 is 5.73 Å². The van der Waals surface area contributed by atoms with E-state index in [1.165, 1.54) is 13.1 Å². The van der Waals surface area contributed by atoms with Crippen molar-refractivity contribution in [2.45, 2.75) is 11.8 Å². The number of likely N-dealkylation sites (N-methyl/N-ethyl adjacent to an activating group) is 1. The van der Waals surface area contributed by atoms with Gasteiger partial charge in [-0.05, 0) is 19.1 Å². The summed E-state index contributed by atoms with van der Waals surface area (Å²) in [4.78, 5) is 9.80. The third-order valence-electron chi connectivity index (χ3n) is 2.62. The average molecular weight is 303 g/mol. The van der Waals surface area contributed by atoms with E-state index in [2.05, 4.69) is 0 Å². The number of hydrogen-bond acceptors (Lipinski definition) is 6. The van der Waals surface area contributed by atoms with Crippen molar-refractivity contribution in [3.05, 3.63) is 28.3 Å². The van der Waals surface area contributed by atoms with Crippen molar-refractivity contribution < 1.29 is 18.1 Å². The minimum atomic E-state index is -3.96. The molecule has 0 aliphatic carbocycles. The Morgan fingerprint density at radius 2 is 2.10 bits per heavy atom. The Bertz CT molecular complexity index is 588. The van der Waals surface area contributed by atoms with Crippen molar-refractivity contribution >= 4 is 21.4 Å². The quantitative estimate of drug-likeness (QED) is 0.345. The van der Waals surface area contributed by atoms with Gasteiger partial charge in [-0.25, -0.2) is 8.42 Å². The predicted molar refractivity (Wildman–Crippen MR) is 73.8 cm³/mol. The first-order chi connectivity index (χ1) is 9.30. The molecule has 8 nitrogen and oxygen atoms in total. The van der Waals surface area contributed by atoms with Gasteiger partial charge in [0, 0.05) is 32.0 Å². The highest BCUT2D eigenvalue weighted by Crippen LogP contribution is 2.27. The van der Waals surface area contributed by atoms with Crippen molar-refractivity contribution in [1.82, 2.24) is 4.31 Å². The summed E-state index contributed by atoms with van der Waals surface area (Å²) >= 11 is 0. The van der Waals surface area contributed by atoms with Gasteiger partial charge >= 0.3 is 0 Å². The molecule has 0 aromatic heterocycles. The van der Waals surface area contributed by atoms with Crippen LogP contribution in [-0.4, -0.2) is 44.5 Å². The fraction of sp³-hybridized carbons (Fsp3) is 0.455. The number of anilines is 1. The highest BCUT2D eigenvalue weighted by molar-refractivity contribution is 7.89. The van der Waals surface area contributed by atoms with Gasteiger partial charge in [-0.15, -0.1) is 0 Å². The number of sulfonamides is 1. The Hall–Kier alpha value is -1.71. The van der Waals surface area contributed by atoms with Crippen LogP contribution in [0.5, 0.6) is 0 Å². The molecule has 0 aliphatic rings. The molecule has 1 aromatic rings. The third-order valence-corrected chi connectivity index (χ3v) is 4.53. The lowest BCUT2D eigenvalue weighted by molar-refractivity contribution is -0.387. The maximum atomic E-state index is 12.3. The summed E-state index contributed by atoms with van der Waals surface area (Å²) in [6, 6.07) is 3.49. The first-order valence-corrected chi connectivity index (χ1v) is 7.32. The van der Waals surface area contributed by atoms with E-state index in [1.54, 1.807) is 6.92 Å². The van der Waals surface area contributed by atoms with Crippen molar-refractivity contribution in [2.24, 2.45) is 0 Å². The molecule has 0 amide bonds. The summed E-state index contributed by atoms with van der Waals surface area (Å²) in [7, 11) is -2.61. The fourth-order valence-electron chi connectivity index (χ4n) is 1.52. The Kier molecular flexibility index (Phi) is 5.43. The van der Waals surface area contributed by atoms with Gasteiger partial charge in [0.25, 0.3) is 5.69 Å². The zero-order chi connectivity index (χ0) is 15.3. The number of hydrogen-bond donors (Lipinski definition) is 1. The van der Waals surface area contributed by atoms with Gasteiger partial charge in [-0.3, -0.25) is 10.1 Å². The van der Waals surface area contributed by atoms with E-state index in [0.717, 1.165) is 16.4 Å². The topological polar surface area (TPSA) is 116 Å². The number of benzene rings is 1. The van der Waals surface area contributed by atoms with E-state index < -0.39 is 20.6 Å². The molecule has 0 aliphatic heterocycles. The van der Waals surface area contributed by atoms with E-state index in [1.807, 2.05) is 0 Å². The predicted octanol–water partition coefficient (Wildman–Crippen LogP) is 0.834. The van der Waals surface area contributed by atoms with Crippen LogP contribution in [0, 0.1) is 10.1 Å². The van der Waals surface area contributed by atoms with E-state index in [0.29, 0.717) is 6.61 Å². The molecule has 1 aromatic carbocycles. The lowest BCUT2D eigenvalue weighted by Gasteiger charge is -2.17. The van der Waals surface area contributed by atoms with Crippen LogP contribution in [0.15, 0.2) is 23.1 Å². The summed E-state index contributed by atoms with van der Waals surface area (Å²) in [5, 5.41) is 10.9. The summed E-state index contributed by atoms with van der Waals surface area (Å²) in [6.45, 7) is 2.59. The van der Waals surface area contributed by atoms with Gasteiger partial charge in [0.05, 0.1) is 11.5 Å². The maximum Gasteiger partial charge on any atom is 0.291 e. The summed E-state index contributed by atoms with van der Waals surface area (Å²) < 4.78 is 30.7. The van der Waals surface area contributed by atoms with E-state index in [-0.39, 0.29) is 23.7 Å². The summed E-state index contributed by atoms with van der Waals surface area (Å²) in [5.74, 6) is 0. The number of nitrogens with two attached hydrogens (primary N) is 1. The van der Waals surface area contributed by atoms with Gasteiger partial charge in [-0.1, -0.05) is 0 Å². The van der Waals surface area contributed by atoms with Crippen LogP contribution in [-0.2, 0) is 14.8 Å². The van der Waals surface area contributed by atoms with Crippen LogP contribution in [0.4, 0.5) is 11.4 Å². The number of ether oxygens (including phenoxy) is 1. The first-order valence-electron chi connectivity index (χ1n) is 5.88. The molecule has 0 bridgehead atoms. The number of nitrogen functional groups attached to an aromatic ring is 1. The second-order valence-corrected chi connectivity index (χ2v) is 6.02. The fourth-order valence-corrected chi connectivity index (χ4v) is 2.81. The van der Waals surface area contributed by atoms with Crippen LogP contribution in [0.3, 0.4) is 0 Å². The highest BCUT2D eigenvalue weighted by Gasteiger charge is 2.29. The van der Waals surface area contributed by atoms with Crippen molar-refractivity contribution in [1.29, 1.82) is 0 Å². The second-order valence-electron chi connectivity index (χ2n) is 4.01. The minimum absolute atomic E-state index is 0.109. The lowest BCUT2D eigenvalue weighted by Crippen LogP contribution is -2.30. The molecule has 0 atom stereocenters. The van der Waals surface area contributed by atoms with E-state index in [4.69, 9.17) is 10.5 Å². The Morgan fingerprint density at radius 1 is 1.45 bits per heavy atom. The highest BCUT2D eigenvalue weighted by atomic mass is 32.2. The molecule has 0 spiro atoms. The Morgan fingerprint density at radius 3 is 2.65 bits per heavy atom. The van der Waals surface area contributed by atoms with Gasteiger partial charge in [0.2, 0.25) is 10.0 Å². The Balaban J connectivity index is 3.12. The molecule has 20 heavy (non-hydrogen) atoms. The molecular formula is C11H17N3O5S. The molecule has 112 valence electrons. The van der Waals surface area contributed by atoms with Crippen LogP contribution in [0.25, 0.3) is 0 Å². The monoisotopic (exact) mass is 303 g/mol. The molecule has 1 rings (SSSR count). The van der Waals surface area contributed by atoms with Crippen molar-refractivity contribution in [3.8, 4) is 0 Å². The lowest BCUT2D eigenvalue weighted by atomic mass is 10.3. The van der Waals surface area contributed by atoms with E-state index >= 15 is 0 Å². The van der Waals surface area contributed by atoms with Crippen molar-refractivity contribution in [2.75, 3.05) is 32.5 Å². The number of nitro benzene ring substituents is 1. The average Bonchev–Trinajstić information content (AvgIpc) is 2.38. The van der Waals surface area contributed by atoms with Gasteiger partial charge in [-0.2, -0.15) is 4.31 Å². The molecule has 9 heteroatoms.